The highest BCUT2D eigenvalue weighted by Crippen LogP contribution is 2.16. The van der Waals surface area contributed by atoms with Crippen molar-refractivity contribution < 1.29 is 9.47 Å². The molecule has 1 aromatic rings. The second kappa shape index (κ2) is 10.3. The normalized spacial score (nSPS) is 12.9. The van der Waals surface area contributed by atoms with Crippen LogP contribution in [0.5, 0.6) is 5.75 Å². The van der Waals surface area contributed by atoms with Crippen LogP contribution >= 0.6 is 11.6 Å². The summed E-state index contributed by atoms with van der Waals surface area (Å²) in [5.74, 6) is 1.51. The van der Waals surface area contributed by atoms with Gasteiger partial charge in [0.2, 0.25) is 0 Å². The van der Waals surface area contributed by atoms with Crippen molar-refractivity contribution in [2.75, 3.05) is 33.4 Å². The lowest BCUT2D eigenvalue weighted by molar-refractivity contribution is 0.179. The van der Waals surface area contributed by atoms with Crippen molar-refractivity contribution in [3.63, 3.8) is 0 Å². The lowest BCUT2D eigenvalue weighted by Crippen LogP contribution is -2.44. The third-order valence-corrected chi connectivity index (χ3v) is 2.81. The molecule has 0 bridgehead atoms. The van der Waals surface area contributed by atoms with Gasteiger partial charge in [-0.1, -0.05) is 17.7 Å². The van der Waals surface area contributed by atoms with Gasteiger partial charge in [0.1, 0.15) is 12.4 Å². The van der Waals surface area contributed by atoms with Crippen molar-refractivity contribution in [1.82, 2.24) is 10.6 Å². The van der Waals surface area contributed by atoms with Crippen LogP contribution in [0.15, 0.2) is 29.3 Å². The lowest BCUT2D eigenvalue weighted by atomic mass is 10.3. The van der Waals surface area contributed by atoms with E-state index in [2.05, 4.69) is 15.6 Å². The predicted octanol–water partition coefficient (Wildman–Crippen LogP) is 2.31. The lowest BCUT2D eigenvalue weighted by Gasteiger charge is -2.17. The van der Waals surface area contributed by atoms with E-state index in [1.54, 1.807) is 13.2 Å². The maximum Gasteiger partial charge on any atom is 0.191 e. The molecular weight excluding hydrogens is 290 g/mol. The summed E-state index contributed by atoms with van der Waals surface area (Å²) in [6.07, 6.45) is 0. The average Bonchev–Trinajstić information content (AvgIpc) is 2.44. The second-order valence-corrected chi connectivity index (χ2v) is 5.00. The van der Waals surface area contributed by atoms with Crippen LogP contribution in [0.3, 0.4) is 0 Å². The van der Waals surface area contributed by atoms with Crippen molar-refractivity contribution in [3.8, 4) is 5.75 Å². The van der Waals surface area contributed by atoms with Gasteiger partial charge in [-0.15, -0.1) is 0 Å². The number of aliphatic imine (C=N–C) groups is 1. The first-order valence-electron chi connectivity index (χ1n) is 7.07. The molecule has 0 aliphatic heterocycles. The minimum absolute atomic E-state index is 0.196. The fraction of sp³-hybridized carbons (Fsp3) is 0.533. The Bertz CT molecular complexity index is 441. The Kier molecular flexibility index (Phi) is 8.62. The van der Waals surface area contributed by atoms with Gasteiger partial charge in [-0.3, -0.25) is 0 Å². The van der Waals surface area contributed by atoms with Crippen molar-refractivity contribution in [2.24, 2.45) is 4.99 Å². The van der Waals surface area contributed by atoms with E-state index in [9.17, 15) is 0 Å². The highest BCUT2D eigenvalue weighted by molar-refractivity contribution is 6.30. The van der Waals surface area contributed by atoms with E-state index in [-0.39, 0.29) is 6.04 Å². The smallest absolute Gasteiger partial charge is 0.191 e. The summed E-state index contributed by atoms with van der Waals surface area (Å²) in [6, 6.07) is 7.53. The van der Waals surface area contributed by atoms with Gasteiger partial charge in [0, 0.05) is 24.7 Å². The number of hydrogen-bond donors (Lipinski definition) is 2. The van der Waals surface area contributed by atoms with Crippen molar-refractivity contribution in [3.05, 3.63) is 29.3 Å². The molecule has 5 nitrogen and oxygen atoms in total. The zero-order valence-electron chi connectivity index (χ0n) is 12.9. The summed E-state index contributed by atoms with van der Waals surface area (Å²) in [7, 11) is 1.68. The third-order valence-electron chi connectivity index (χ3n) is 2.57. The number of benzene rings is 1. The number of hydrogen-bond acceptors (Lipinski definition) is 3. The third kappa shape index (κ3) is 7.78. The Morgan fingerprint density at radius 1 is 1.43 bits per heavy atom. The molecule has 1 rings (SSSR count). The van der Waals surface area contributed by atoms with Crippen LogP contribution in [0.25, 0.3) is 0 Å². The Morgan fingerprint density at radius 2 is 2.24 bits per heavy atom. The van der Waals surface area contributed by atoms with E-state index in [1.807, 2.05) is 32.0 Å². The second-order valence-electron chi connectivity index (χ2n) is 4.57. The van der Waals surface area contributed by atoms with Gasteiger partial charge in [0.25, 0.3) is 0 Å². The summed E-state index contributed by atoms with van der Waals surface area (Å²) in [6.45, 7) is 6.56. The SMILES string of the molecule is CCNC(=NCCOc1cccc(Cl)c1)NC(C)COC. The molecule has 1 aromatic carbocycles. The van der Waals surface area contributed by atoms with Crippen LogP contribution in [0.1, 0.15) is 13.8 Å². The molecule has 0 aromatic heterocycles. The Labute approximate surface area is 131 Å². The van der Waals surface area contributed by atoms with Crippen LogP contribution in [0, 0.1) is 0 Å². The standard InChI is InChI=1S/C15H24ClN3O2/c1-4-17-15(19-12(2)11-20-3)18-8-9-21-14-7-5-6-13(16)10-14/h5-7,10,12H,4,8-9,11H2,1-3H3,(H2,17,18,19). The number of nitrogens with zero attached hydrogens (tertiary/aromatic N) is 1. The molecule has 0 amide bonds. The molecule has 6 heteroatoms. The number of halogens is 1. The molecule has 0 fully saturated rings. The van der Waals surface area contributed by atoms with E-state index < -0.39 is 0 Å². The van der Waals surface area contributed by atoms with Crippen LogP contribution < -0.4 is 15.4 Å². The van der Waals surface area contributed by atoms with Gasteiger partial charge in [-0.2, -0.15) is 0 Å². The van der Waals surface area contributed by atoms with E-state index >= 15 is 0 Å². The van der Waals surface area contributed by atoms with E-state index in [4.69, 9.17) is 21.1 Å². The average molecular weight is 314 g/mol. The molecule has 0 saturated carbocycles. The molecule has 0 spiro atoms. The minimum Gasteiger partial charge on any atom is -0.492 e. The van der Waals surface area contributed by atoms with E-state index in [0.29, 0.717) is 24.8 Å². The maximum atomic E-state index is 5.90. The van der Waals surface area contributed by atoms with E-state index in [0.717, 1.165) is 18.3 Å². The maximum absolute atomic E-state index is 5.90. The Balaban J connectivity index is 2.39. The molecule has 2 N–H and O–H groups in total. The van der Waals surface area contributed by atoms with Gasteiger partial charge >= 0.3 is 0 Å². The number of methoxy groups -OCH3 is 1. The number of nitrogens with one attached hydrogen (secondary N) is 2. The molecule has 0 aliphatic rings. The molecule has 0 saturated heterocycles. The summed E-state index contributed by atoms with van der Waals surface area (Å²) in [4.78, 5) is 4.45. The van der Waals surface area contributed by atoms with Crippen molar-refractivity contribution >= 4 is 17.6 Å². The summed E-state index contributed by atoms with van der Waals surface area (Å²) >= 11 is 5.90. The largest absolute Gasteiger partial charge is 0.492 e. The first kappa shape index (κ1) is 17.6. The molecule has 0 radical (unpaired) electrons. The van der Waals surface area contributed by atoms with Crippen LogP contribution in [0.2, 0.25) is 5.02 Å². The molecule has 0 aliphatic carbocycles. The molecule has 0 heterocycles. The first-order chi connectivity index (χ1) is 10.2. The van der Waals surface area contributed by atoms with Gasteiger partial charge in [0.05, 0.1) is 13.2 Å². The minimum atomic E-state index is 0.196. The van der Waals surface area contributed by atoms with Crippen molar-refractivity contribution in [1.29, 1.82) is 0 Å². The van der Waals surface area contributed by atoms with Gasteiger partial charge in [-0.05, 0) is 32.0 Å². The summed E-state index contributed by atoms with van der Waals surface area (Å²) < 4.78 is 10.7. The monoisotopic (exact) mass is 313 g/mol. The number of rotatable bonds is 8. The molecule has 21 heavy (non-hydrogen) atoms. The first-order valence-corrected chi connectivity index (χ1v) is 7.45. The molecule has 118 valence electrons. The van der Waals surface area contributed by atoms with Crippen molar-refractivity contribution in [2.45, 2.75) is 19.9 Å². The zero-order chi connectivity index (χ0) is 15.5. The quantitative estimate of drug-likeness (QED) is 0.439. The topological polar surface area (TPSA) is 54.9 Å². The van der Waals surface area contributed by atoms with Crippen LogP contribution in [-0.4, -0.2) is 45.4 Å². The summed E-state index contributed by atoms with van der Waals surface area (Å²) in [5.41, 5.74) is 0. The molecule has 1 unspecified atom stereocenters. The highest BCUT2D eigenvalue weighted by Gasteiger charge is 2.04. The Hall–Kier alpha value is -1.46. The summed E-state index contributed by atoms with van der Waals surface area (Å²) in [5, 5.41) is 7.12. The fourth-order valence-corrected chi connectivity index (χ4v) is 1.90. The molecular formula is C15H24ClN3O2. The van der Waals surface area contributed by atoms with Crippen LogP contribution in [0.4, 0.5) is 0 Å². The Morgan fingerprint density at radius 3 is 2.90 bits per heavy atom. The molecule has 1 atom stereocenters. The van der Waals surface area contributed by atoms with Gasteiger partial charge in [-0.25, -0.2) is 4.99 Å². The van der Waals surface area contributed by atoms with Gasteiger partial charge in [0.15, 0.2) is 5.96 Å². The predicted molar refractivity (Wildman–Crippen MR) is 87.4 cm³/mol. The number of ether oxygens (including phenoxy) is 2. The number of guanidine groups is 1. The van der Waals surface area contributed by atoms with Crippen LogP contribution in [-0.2, 0) is 4.74 Å². The zero-order valence-corrected chi connectivity index (χ0v) is 13.6. The van der Waals surface area contributed by atoms with Gasteiger partial charge < -0.3 is 20.1 Å². The highest BCUT2D eigenvalue weighted by atomic mass is 35.5. The fourth-order valence-electron chi connectivity index (χ4n) is 1.72. The van der Waals surface area contributed by atoms with E-state index in [1.165, 1.54) is 0 Å².